The first-order valence-electron chi connectivity index (χ1n) is 21.4. The third-order valence-corrected chi connectivity index (χ3v) is 12.4. The van der Waals surface area contributed by atoms with Crippen LogP contribution in [0.25, 0.3) is 116 Å². The largest absolute Gasteiger partial charge is 0.309 e. The summed E-state index contributed by atoms with van der Waals surface area (Å²) in [6.45, 7) is 7.49. The maximum atomic E-state index is 7.49. The Labute approximate surface area is 370 Å². The highest BCUT2D eigenvalue weighted by atomic mass is 15.0. The molecule has 3 aromatic heterocycles. The molecule has 0 amide bonds. The van der Waals surface area contributed by atoms with Gasteiger partial charge < -0.3 is 9.13 Å². The van der Waals surface area contributed by atoms with Crippen molar-refractivity contribution >= 4 is 49.3 Å². The van der Waals surface area contributed by atoms with Crippen LogP contribution in [0.4, 0.5) is 5.69 Å². The second-order valence-corrected chi connectivity index (χ2v) is 16.1. The summed E-state index contributed by atoms with van der Waals surface area (Å²) in [7, 11) is 0. The van der Waals surface area contributed by atoms with Crippen LogP contribution in [-0.4, -0.2) is 19.1 Å². The summed E-state index contributed by atoms with van der Waals surface area (Å²) in [6.07, 6.45) is 0. The molecule has 64 heavy (non-hydrogen) atoms. The summed E-state index contributed by atoms with van der Waals surface area (Å²) >= 11 is 0. The van der Waals surface area contributed by atoms with E-state index < -0.39 is 0 Å². The molecule has 0 aliphatic carbocycles. The first-order chi connectivity index (χ1) is 31.7. The minimum atomic E-state index is 0.629. The molecule has 0 atom stereocenters. The van der Waals surface area contributed by atoms with Crippen LogP contribution in [0.1, 0.15) is 0 Å². The van der Waals surface area contributed by atoms with Gasteiger partial charge >= 0.3 is 0 Å². The smallest absolute Gasteiger partial charge is 0.187 e. The Morgan fingerprint density at radius 3 is 1.41 bits per heavy atom. The van der Waals surface area contributed by atoms with Crippen LogP contribution in [0.5, 0.6) is 0 Å². The summed E-state index contributed by atoms with van der Waals surface area (Å²) in [4.78, 5) is 14.2. The minimum absolute atomic E-state index is 0.629. The van der Waals surface area contributed by atoms with Crippen LogP contribution in [0.2, 0.25) is 0 Å². The van der Waals surface area contributed by atoms with Crippen LogP contribution >= 0.6 is 0 Å². The standard InChI is InChI=1S/C59H37N5/c1-60-44-32-28-39(29-33-44)42-31-35-57-50(36-42)48-23-11-15-27-56(48)64(57)58-37-43(59-61-51(40-16-4-2-5-17-40)38-52(62-59)41-18-6-3-7-19-41)30-34-49(58)47-22-10-14-26-55(47)63-53-24-12-8-20-45(53)46-21-9-13-25-54(46)63/h2-38H. The van der Waals surface area contributed by atoms with E-state index in [9.17, 15) is 0 Å². The van der Waals surface area contributed by atoms with Gasteiger partial charge in [-0.15, -0.1) is 0 Å². The van der Waals surface area contributed by atoms with Crippen molar-refractivity contribution in [3.8, 4) is 67.5 Å². The van der Waals surface area contributed by atoms with Gasteiger partial charge in [-0.25, -0.2) is 14.8 Å². The Balaban J connectivity index is 1.15. The number of fused-ring (bicyclic) bond motifs is 6. The average Bonchev–Trinajstić information content (AvgIpc) is 3.89. The molecular weight excluding hydrogens is 779 g/mol. The molecule has 0 bridgehead atoms. The van der Waals surface area contributed by atoms with Crippen molar-refractivity contribution in [3.05, 3.63) is 236 Å². The van der Waals surface area contributed by atoms with Crippen LogP contribution in [0.3, 0.4) is 0 Å². The number of hydrogen-bond donors (Lipinski definition) is 0. The van der Waals surface area contributed by atoms with E-state index in [1.807, 2.05) is 36.4 Å². The SMILES string of the molecule is [C-]#[N+]c1ccc(-c2ccc3c(c2)c2ccccc2n3-c2cc(-c3nc(-c4ccccc4)cc(-c4ccccc4)n3)ccc2-c2ccccc2-n2c3ccccc3c3ccccc32)cc1. The molecule has 0 aliphatic rings. The normalized spacial score (nSPS) is 11.4. The molecule has 9 aromatic carbocycles. The zero-order chi connectivity index (χ0) is 42.6. The lowest BCUT2D eigenvalue weighted by molar-refractivity contribution is 1.15. The van der Waals surface area contributed by atoms with E-state index in [2.05, 4.69) is 202 Å². The number of nitrogens with zero attached hydrogens (tertiary/aromatic N) is 5. The van der Waals surface area contributed by atoms with Gasteiger partial charge in [0.2, 0.25) is 0 Å². The molecule has 0 fully saturated rings. The van der Waals surface area contributed by atoms with Gasteiger partial charge in [-0.2, -0.15) is 0 Å². The summed E-state index contributed by atoms with van der Waals surface area (Å²) < 4.78 is 4.82. The zero-order valence-electron chi connectivity index (χ0n) is 34.6. The number of aromatic nitrogens is 4. The topological polar surface area (TPSA) is 40.0 Å². The molecule has 5 nitrogen and oxygen atoms in total. The van der Waals surface area contributed by atoms with Gasteiger partial charge in [-0.1, -0.05) is 176 Å². The van der Waals surface area contributed by atoms with Crippen molar-refractivity contribution in [1.29, 1.82) is 0 Å². The molecule has 12 aromatic rings. The Bertz CT molecular complexity index is 3670. The molecule has 0 spiro atoms. The summed E-state index contributed by atoms with van der Waals surface area (Å²) in [5.74, 6) is 0.648. The predicted octanol–water partition coefficient (Wildman–Crippen LogP) is 15.6. The van der Waals surface area contributed by atoms with Gasteiger partial charge in [0, 0.05) is 49.4 Å². The molecule has 0 saturated heterocycles. The van der Waals surface area contributed by atoms with E-state index in [1.54, 1.807) is 0 Å². The average molecular weight is 816 g/mol. The van der Waals surface area contributed by atoms with Gasteiger partial charge in [-0.3, -0.25) is 0 Å². The molecule has 12 rings (SSSR count). The molecule has 5 heteroatoms. The number of rotatable bonds is 7. The van der Waals surface area contributed by atoms with E-state index in [0.29, 0.717) is 11.5 Å². The van der Waals surface area contributed by atoms with Crippen molar-refractivity contribution in [1.82, 2.24) is 19.1 Å². The number of hydrogen-bond acceptors (Lipinski definition) is 2. The van der Waals surface area contributed by atoms with E-state index in [1.165, 1.54) is 10.8 Å². The monoisotopic (exact) mass is 815 g/mol. The molecule has 0 radical (unpaired) electrons. The van der Waals surface area contributed by atoms with Crippen molar-refractivity contribution in [2.75, 3.05) is 0 Å². The third kappa shape index (κ3) is 6.16. The fourth-order valence-electron chi connectivity index (χ4n) is 9.39. The maximum absolute atomic E-state index is 7.49. The third-order valence-electron chi connectivity index (χ3n) is 12.4. The highest BCUT2D eigenvalue weighted by Gasteiger charge is 2.22. The zero-order valence-corrected chi connectivity index (χ0v) is 34.6. The Morgan fingerprint density at radius 1 is 0.328 bits per heavy atom. The molecule has 0 unspecified atom stereocenters. The molecule has 0 aliphatic heterocycles. The molecule has 3 heterocycles. The summed E-state index contributed by atoms with van der Waals surface area (Å²) in [5, 5.41) is 4.73. The Kier molecular flexibility index (Phi) is 8.81. The van der Waals surface area contributed by atoms with E-state index in [4.69, 9.17) is 16.5 Å². The minimum Gasteiger partial charge on any atom is -0.309 e. The van der Waals surface area contributed by atoms with Crippen LogP contribution in [0.15, 0.2) is 224 Å². The summed E-state index contributed by atoms with van der Waals surface area (Å²) in [6, 6.07) is 78.9. The van der Waals surface area contributed by atoms with Crippen LogP contribution in [0, 0.1) is 6.57 Å². The number of benzene rings is 9. The lowest BCUT2D eigenvalue weighted by Crippen LogP contribution is -2.03. The van der Waals surface area contributed by atoms with Gasteiger partial charge in [0.05, 0.1) is 51.4 Å². The maximum Gasteiger partial charge on any atom is 0.187 e. The van der Waals surface area contributed by atoms with Crippen molar-refractivity contribution in [2.45, 2.75) is 0 Å². The highest BCUT2D eigenvalue weighted by molar-refractivity contribution is 6.12. The molecule has 0 N–H and O–H groups in total. The van der Waals surface area contributed by atoms with Gasteiger partial charge in [0.25, 0.3) is 0 Å². The molecule has 0 saturated carbocycles. The van der Waals surface area contributed by atoms with Gasteiger partial charge in [0.1, 0.15) is 0 Å². The van der Waals surface area contributed by atoms with E-state index in [0.717, 1.165) is 94.5 Å². The predicted molar refractivity (Wildman–Crippen MR) is 264 cm³/mol. The van der Waals surface area contributed by atoms with Crippen LogP contribution < -0.4 is 0 Å². The first-order valence-corrected chi connectivity index (χ1v) is 21.4. The molecular formula is C59H37N5. The Morgan fingerprint density at radius 2 is 0.797 bits per heavy atom. The van der Waals surface area contributed by atoms with Crippen LogP contribution in [-0.2, 0) is 0 Å². The fourth-order valence-corrected chi connectivity index (χ4v) is 9.39. The lowest BCUT2D eigenvalue weighted by Gasteiger charge is -2.20. The quantitative estimate of drug-likeness (QED) is 0.150. The van der Waals surface area contributed by atoms with Crippen molar-refractivity contribution in [3.63, 3.8) is 0 Å². The lowest BCUT2D eigenvalue weighted by atomic mass is 9.98. The van der Waals surface area contributed by atoms with Crippen molar-refractivity contribution in [2.24, 2.45) is 0 Å². The number of para-hydroxylation sites is 4. The highest BCUT2D eigenvalue weighted by Crippen LogP contribution is 2.43. The Hall–Kier alpha value is -8.85. The van der Waals surface area contributed by atoms with E-state index in [-0.39, 0.29) is 0 Å². The van der Waals surface area contributed by atoms with Gasteiger partial charge in [0.15, 0.2) is 11.5 Å². The fraction of sp³-hybridized carbons (Fsp3) is 0. The second kappa shape index (κ2) is 15.3. The second-order valence-electron chi connectivity index (χ2n) is 16.1. The van der Waals surface area contributed by atoms with E-state index >= 15 is 0 Å². The summed E-state index contributed by atoms with van der Waals surface area (Å²) in [5.41, 5.74) is 16.2. The molecule has 298 valence electrons. The first kappa shape index (κ1) is 37.0. The van der Waals surface area contributed by atoms with Gasteiger partial charge in [-0.05, 0) is 59.7 Å². The van der Waals surface area contributed by atoms with Crippen molar-refractivity contribution < 1.29 is 0 Å².